The topological polar surface area (TPSA) is 91.8 Å². The summed E-state index contributed by atoms with van der Waals surface area (Å²) in [6, 6.07) is 23.2. The zero-order valence-corrected chi connectivity index (χ0v) is 16.5. The quantitative estimate of drug-likeness (QED) is 0.409. The molecule has 0 saturated carbocycles. The van der Waals surface area contributed by atoms with E-state index in [4.69, 9.17) is 4.74 Å². The van der Waals surface area contributed by atoms with E-state index in [1.807, 2.05) is 49.4 Å². The maximum absolute atomic E-state index is 12.0. The van der Waals surface area contributed by atoms with Crippen molar-refractivity contribution >= 4 is 29.5 Å². The highest BCUT2D eigenvalue weighted by Gasteiger charge is 2.04. The zero-order chi connectivity index (χ0) is 21.2. The Balaban J connectivity index is 1.41. The van der Waals surface area contributed by atoms with Gasteiger partial charge in [0, 0.05) is 11.4 Å². The van der Waals surface area contributed by atoms with Gasteiger partial charge in [0.05, 0.1) is 6.21 Å². The van der Waals surface area contributed by atoms with Crippen LogP contribution in [0.2, 0.25) is 0 Å². The van der Waals surface area contributed by atoms with E-state index in [1.54, 1.807) is 36.4 Å². The molecule has 0 aliphatic rings. The van der Waals surface area contributed by atoms with Gasteiger partial charge in [-0.15, -0.1) is 0 Å². The monoisotopic (exact) mass is 402 g/mol. The van der Waals surface area contributed by atoms with Gasteiger partial charge in [-0.1, -0.05) is 35.9 Å². The van der Waals surface area contributed by atoms with E-state index >= 15 is 0 Å². The Bertz CT molecular complexity index is 1000. The number of benzene rings is 3. The molecule has 3 rings (SSSR count). The molecule has 0 spiro atoms. The maximum atomic E-state index is 12.0. The van der Waals surface area contributed by atoms with Crippen LogP contribution < -0.4 is 20.8 Å². The van der Waals surface area contributed by atoms with E-state index < -0.39 is 6.03 Å². The number of carbonyl (C=O) groups is 2. The van der Waals surface area contributed by atoms with Crippen LogP contribution in [0.3, 0.4) is 0 Å². The number of nitrogens with zero attached hydrogens (tertiary/aromatic N) is 1. The molecule has 3 N–H and O–H groups in total. The summed E-state index contributed by atoms with van der Waals surface area (Å²) >= 11 is 0. The third-order valence-electron chi connectivity index (χ3n) is 4.00. The maximum Gasteiger partial charge on any atom is 0.339 e. The molecule has 0 unspecified atom stereocenters. The molecule has 0 bridgehead atoms. The number of aryl methyl sites for hydroxylation is 1. The number of hydrogen-bond acceptors (Lipinski definition) is 4. The van der Waals surface area contributed by atoms with Crippen molar-refractivity contribution in [1.82, 2.24) is 5.43 Å². The minimum absolute atomic E-state index is 0.0947. The molecule has 3 aromatic rings. The molecule has 0 saturated heterocycles. The molecule has 7 nitrogen and oxygen atoms in total. The largest absolute Gasteiger partial charge is 0.484 e. The number of amides is 3. The third kappa shape index (κ3) is 6.79. The first-order valence-electron chi connectivity index (χ1n) is 9.33. The zero-order valence-electron chi connectivity index (χ0n) is 16.5. The summed E-state index contributed by atoms with van der Waals surface area (Å²) in [4.78, 5) is 23.7. The number of hydrazone groups is 1. The Morgan fingerprint density at radius 2 is 1.53 bits per heavy atom. The molecular formula is C23H22N4O3. The Hall–Kier alpha value is -4.13. The van der Waals surface area contributed by atoms with Crippen LogP contribution in [0.25, 0.3) is 0 Å². The average molecular weight is 402 g/mol. The molecule has 30 heavy (non-hydrogen) atoms. The van der Waals surface area contributed by atoms with Gasteiger partial charge >= 0.3 is 6.03 Å². The first-order chi connectivity index (χ1) is 14.6. The molecule has 0 radical (unpaired) electrons. The lowest BCUT2D eigenvalue weighted by molar-refractivity contribution is -0.118. The van der Waals surface area contributed by atoms with Crippen molar-refractivity contribution in [3.63, 3.8) is 0 Å². The molecule has 0 heterocycles. The molecule has 0 atom stereocenters. The Labute approximate surface area is 174 Å². The average Bonchev–Trinajstić information content (AvgIpc) is 2.75. The Morgan fingerprint density at radius 1 is 0.867 bits per heavy atom. The molecule has 0 aromatic heterocycles. The second kappa shape index (κ2) is 10.4. The SMILES string of the molecule is Cc1ccc(NC(=O)COc2ccc(/C=N\NC(=O)Nc3ccccc3)cc2)cc1. The standard InChI is InChI=1S/C23H22N4O3/c1-17-7-11-20(12-8-17)25-22(28)16-30-21-13-9-18(10-14-21)15-24-27-23(29)26-19-5-3-2-4-6-19/h2-15H,16H2,1H3,(H,25,28)(H2,26,27,29)/b24-15-. The minimum atomic E-state index is -0.433. The number of hydrogen-bond donors (Lipinski definition) is 3. The van der Waals surface area contributed by atoms with Crippen LogP contribution in [0, 0.1) is 6.92 Å². The van der Waals surface area contributed by atoms with Crippen molar-refractivity contribution in [2.45, 2.75) is 6.92 Å². The van der Waals surface area contributed by atoms with Crippen molar-refractivity contribution in [1.29, 1.82) is 0 Å². The second-order valence-corrected chi connectivity index (χ2v) is 6.46. The Kier molecular flexibility index (Phi) is 7.16. The van der Waals surface area contributed by atoms with Crippen LogP contribution in [0.1, 0.15) is 11.1 Å². The summed E-state index contributed by atoms with van der Waals surface area (Å²) in [5, 5.41) is 9.34. The van der Waals surface area contributed by atoms with Gasteiger partial charge in [-0.2, -0.15) is 5.10 Å². The van der Waals surface area contributed by atoms with Crippen LogP contribution in [-0.2, 0) is 4.79 Å². The highest BCUT2D eigenvalue weighted by Crippen LogP contribution is 2.12. The highest BCUT2D eigenvalue weighted by atomic mass is 16.5. The second-order valence-electron chi connectivity index (χ2n) is 6.46. The summed E-state index contributed by atoms with van der Waals surface area (Å²) in [6.45, 7) is 1.89. The van der Waals surface area contributed by atoms with Crippen molar-refractivity contribution in [3.8, 4) is 5.75 Å². The van der Waals surface area contributed by atoms with Gasteiger partial charge in [0.15, 0.2) is 6.61 Å². The lowest BCUT2D eigenvalue weighted by atomic mass is 10.2. The summed E-state index contributed by atoms with van der Waals surface area (Å²) in [6.07, 6.45) is 1.51. The number of nitrogens with one attached hydrogen (secondary N) is 3. The van der Waals surface area contributed by atoms with Gasteiger partial charge in [0.2, 0.25) is 0 Å². The summed E-state index contributed by atoms with van der Waals surface area (Å²) < 4.78 is 5.49. The molecule has 152 valence electrons. The van der Waals surface area contributed by atoms with E-state index in [0.29, 0.717) is 11.4 Å². The fourth-order valence-electron chi connectivity index (χ4n) is 2.48. The van der Waals surface area contributed by atoms with Gasteiger partial charge in [-0.3, -0.25) is 4.79 Å². The molecule has 0 aliphatic carbocycles. The number of para-hydroxylation sites is 1. The molecular weight excluding hydrogens is 380 g/mol. The van der Waals surface area contributed by atoms with Crippen molar-refractivity contribution in [2.24, 2.45) is 5.10 Å². The van der Waals surface area contributed by atoms with Crippen molar-refractivity contribution in [2.75, 3.05) is 17.2 Å². The fourth-order valence-corrected chi connectivity index (χ4v) is 2.48. The van der Waals surface area contributed by atoms with Gasteiger partial charge < -0.3 is 15.4 Å². The van der Waals surface area contributed by atoms with Crippen molar-refractivity contribution in [3.05, 3.63) is 90.0 Å². The smallest absolute Gasteiger partial charge is 0.339 e. The highest BCUT2D eigenvalue weighted by molar-refractivity contribution is 5.92. The minimum Gasteiger partial charge on any atom is -0.484 e. The van der Waals surface area contributed by atoms with Gasteiger partial charge in [0.25, 0.3) is 5.91 Å². The van der Waals surface area contributed by atoms with Gasteiger partial charge in [0.1, 0.15) is 5.75 Å². The van der Waals surface area contributed by atoms with Gasteiger partial charge in [-0.05, 0) is 61.0 Å². The molecule has 0 fully saturated rings. The fraction of sp³-hybridized carbons (Fsp3) is 0.0870. The molecule has 7 heteroatoms. The van der Waals surface area contributed by atoms with E-state index in [-0.39, 0.29) is 12.5 Å². The molecule has 3 amide bonds. The number of ether oxygens (including phenoxy) is 1. The predicted molar refractivity (Wildman–Crippen MR) is 118 cm³/mol. The lowest BCUT2D eigenvalue weighted by Gasteiger charge is -2.08. The first kappa shape index (κ1) is 20.6. The summed E-state index contributed by atoms with van der Waals surface area (Å²) in [7, 11) is 0. The lowest BCUT2D eigenvalue weighted by Crippen LogP contribution is -2.24. The van der Waals surface area contributed by atoms with Gasteiger partial charge in [-0.25, -0.2) is 10.2 Å². The van der Waals surface area contributed by atoms with E-state index in [1.165, 1.54) is 6.21 Å². The predicted octanol–water partition coefficient (Wildman–Crippen LogP) is 4.17. The van der Waals surface area contributed by atoms with Crippen LogP contribution in [0.5, 0.6) is 5.75 Å². The third-order valence-corrected chi connectivity index (χ3v) is 4.00. The van der Waals surface area contributed by atoms with E-state index in [9.17, 15) is 9.59 Å². The number of urea groups is 1. The van der Waals surface area contributed by atoms with Crippen molar-refractivity contribution < 1.29 is 14.3 Å². The normalized spacial score (nSPS) is 10.4. The summed E-state index contributed by atoms with van der Waals surface area (Å²) in [5.41, 5.74) is 5.70. The van der Waals surface area contributed by atoms with E-state index in [0.717, 1.165) is 16.8 Å². The number of rotatable bonds is 7. The van der Waals surface area contributed by atoms with Crippen LogP contribution in [0.15, 0.2) is 84.0 Å². The summed E-state index contributed by atoms with van der Waals surface area (Å²) in [5.74, 6) is 0.319. The van der Waals surface area contributed by atoms with Crippen LogP contribution in [0.4, 0.5) is 16.2 Å². The number of anilines is 2. The molecule has 0 aliphatic heterocycles. The van der Waals surface area contributed by atoms with E-state index in [2.05, 4.69) is 21.2 Å². The molecule has 3 aromatic carbocycles. The van der Waals surface area contributed by atoms with Crippen LogP contribution >= 0.6 is 0 Å². The number of carbonyl (C=O) groups excluding carboxylic acids is 2. The first-order valence-corrected chi connectivity index (χ1v) is 9.33. The van der Waals surface area contributed by atoms with Crippen LogP contribution in [-0.4, -0.2) is 24.8 Å². The Morgan fingerprint density at radius 3 is 2.23 bits per heavy atom.